The van der Waals surface area contributed by atoms with Crippen LogP contribution in [0.3, 0.4) is 0 Å². The highest BCUT2D eigenvalue weighted by atomic mass is 35.5. The summed E-state index contributed by atoms with van der Waals surface area (Å²) in [5.74, 6) is 0.963. The van der Waals surface area contributed by atoms with E-state index >= 15 is 0 Å². The van der Waals surface area contributed by atoms with Gasteiger partial charge in [0.25, 0.3) is 5.91 Å². The third-order valence-corrected chi connectivity index (χ3v) is 2.89. The highest BCUT2D eigenvalue weighted by Gasteiger charge is 2.06. The Morgan fingerprint density at radius 3 is 2.94 bits per heavy atom. The molecule has 1 aromatic heterocycles. The molecule has 0 bridgehead atoms. The minimum absolute atomic E-state index is 0.0893. The summed E-state index contributed by atoms with van der Waals surface area (Å²) in [4.78, 5) is 15.7. The van der Waals surface area contributed by atoms with E-state index in [9.17, 15) is 4.79 Å². The lowest BCUT2D eigenvalue weighted by molar-refractivity contribution is 0.0953. The van der Waals surface area contributed by atoms with Crippen molar-refractivity contribution in [1.82, 2.24) is 10.3 Å². The molecule has 0 saturated heterocycles. The van der Waals surface area contributed by atoms with Crippen molar-refractivity contribution in [3.8, 4) is 0 Å². The van der Waals surface area contributed by atoms with Gasteiger partial charge in [-0.3, -0.25) is 4.79 Å². The lowest BCUT2D eigenvalue weighted by Crippen LogP contribution is -2.25. The van der Waals surface area contributed by atoms with Gasteiger partial charge in [-0.2, -0.15) is 11.8 Å². The molecule has 0 saturated carbocycles. The highest BCUT2D eigenvalue weighted by Crippen LogP contribution is 2.10. The fourth-order valence-corrected chi connectivity index (χ4v) is 1.96. The number of hydrogen-bond acceptors (Lipinski definition) is 3. The molecule has 0 radical (unpaired) electrons. The van der Waals surface area contributed by atoms with E-state index in [0.717, 1.165) is 17.9 Å². The molecular weight excluding hydrogens is 244 g/mol. The van der Waals surface area contributed by atoms with Gasteiger partial charge in [0, 0.05) is 17.8 Å². The van der Waals surface area contributed by atoms with E-state index in [-0.39, 0.29) is 5.91 Å². The van der Waals surface area contributed by atoms with Crippen LogP contribution in [-0.2, 0) is 0 Å². The number of aromatic nitrogens is 1. The Morgan fingerprint density at radius 2 is 2.31 bits per heavy atom. The van der Waals surface area contributed by atoms with E-state index in [1.54, 1.807) is 23.9 Å². The Hall–Kier alpha value is -0.740. The second-order valence-electron chi connectivity index (χ2n) is 3.42. The van der Waals surface area contributed by atoms with Crippen molar-refractivity contribution in [3.63, 3.8) is 0 Å². The molecule has 0 aliphatic rings. The number of pyridine rings is 1. The van der Waals surface area contributed by atoms with E-state index < -0.39 is 0 Å². The summed E-state index contributed by atoms with van der Waals surface area (Å²) < 4.78 is 0. The minimum Gasteiger partial charge on any atom is -0.352 e. The molecule has 16 heavy (non-hydrogen) atoms. The maximum atomic E-state index is 11.7. The predicted octanol–water partition coefficient (Wildman–Crippen LogP) is 2.53. The van der Waals surface area contributed by atoms with Gasteiger partial charge >= 0.3 is 0 Å². The second-order valence-corrected chi connectivity index (χ2v) is 4.80. The van der Waals surface area contributed by atoms with Crippen LogP contribution in [0.5, 0.6) is 0 Å². The standard InChI is InChI=1S/C11H15ClN2OS/c1-8-6-9(7-10(12)14-8)11(15)13-4-3-5-16-2/h6-7H,3-5H2,1-2H3,(H,13,15). The van der Waals surface area contributed by atoms with Gasteiger partial charge in [0.05, 0.1) is 0 Å². The molecule has 3 nitrogen and oxygen atoms in total. The summed E-state index contributed by atoms with van der Waals surface area (Å²) in [6.45, 7) is 2.51. The summed E-state index contributed by atoms with van der Waals surface area (Å²) in [6.07, 6.45) is 3.03. The Labute approximate surface area is 105 Å². The van der Waals surface area contributed by atoms with Crippen molar-refractivity contribution >= 4 is 29.3 Å². The summed E-state index contributed by atoms with van der Waals surface area (Å²) in [5.41, 5.74) is 1.32. The van der Waals surface area contributed by atoms with Crippen LogP contribution in [0.15, 0.2) is 12.1 Å². The van der Waals surface area contributed by atoms with E-state index in [2.05, 4.69) is 10.3 Å². The maximum Gasteiger partial charge on any atom is 0.251 e. The van der Waals surface area contributed by atoms with Crippen LogP contribution in [0.4, 0.5) is 0 Å². The van der Waals surface area contributed by atoms with Crippen LogP contribution in [0.2, 0.25) is 5.15 Å². The number of aryl methyl sites for hydroxylation is 1. The third kappa shape index (κ3) is 4.41. The first-order valence-corrected chi connectivity index (χ1v) is 6.82. The fourth-order valence-electron chi connectivity index (χ4n) is 1.28. The minimum atomic E-state index is -0.0893. The number of rotatable bonds is 5. The largest absolute Gasteiger partial charge is 0.352 e. The summed E-state index contributed by atoms with van der Waals surface area (Å²) in [5, 5.41) is 3.21. The Morgan fingerprint density at radius 1 is 1.56 bits per heavy atom. The first-order chi connectivity index (χ1) is 7.63. The van der Waals surface area contributed by atoms with Crippen molar-refractivity contribution in [1.29, 1.82) is 0 Å². The Kier molecular flexibility index (Phi) is 5.63. The molecule has 5 heteroatoms. The van der Waals surface area contributed by atoms with Crippen molar-refractivity contribution in [2.75, 3.05) is 18.6 Å². The van der Waals surface area contributed by atoms with Crippen molar-refractivity contribution in [2.24, 2.45) is 0 Å². The molecule has 1 amide bonds. The molecule has 1 N–H and O–H groups in total. The molecule has 0 aliphatic heterocycles. The number of hydrogen-bond donors (Lipinski definition) is 1. The molecule has 1 aromatic rings. The van der Waals surface area contributed by atoms with Crippen LogP contribution in [0.1, 0.15) is 22.5 Å². The monoisotopic (exact) mass is 258 g/mol. The van der Waals surface area contributed by atoms with E-state index in [4.69, 9.17) is 11.6 Å². The van der Waals surface area contributed by atoms with Crippen molar-refractivity contribution in [2.45, 2.75) is 13.3 Å². The van der Waals surface area contributed by atoms with Crippen molar-refractivity contribution in [3.05, 3.63) is 28.5 Å². The molecule has 0 spiro atoms. The van der Waals surface area contributed by atoms with Gasteiger partial charge in [0.15, 0.2) is 0 Å². The quantitative estimate of drug-likeness (QED) is 0.652. The zero-order chi connectivity index (χ0) is 12.0. The molecule has 0 aromatic carbocycles. The summed E-state index contributed by atoms with van der Waals surface area (Å²) in [6, 6.07) is 3.31. The van der Waals surface area contributed by atoms with Gasteiger partial charge in [-0.05, 0) is 37.5 Å². The molecule has 0 atom stereocenters. The Balaban J connectivity index is 2.52. The van der Waals surface area contributed by atoms with Gasteiger partial charge in [-0.25, -0.2) is 4.98 Å². The highest BCUT2D eigenvalue weighted by molar-refractivity contribution is 7.98. The average Bonchev–Trinajstić information content (AvgIpc) is 2.22. The smallest absolute Gasteiger partial charge is 0.251 e. The lowest BCUT2D eigenvalue weighted by Gasteiger charge is -2.05. The molecule has 0 aliphatic carbocycles. The predicted molar refractivity (Wildman–Crippen MR) is 69.3 cm³/mol. The zero-order valence-electron chi connectivity index (χ0n) is 9.42. The first-order valence-electron chi connectivity index (χ1n) is 5.05. The molecule has 0 fully saturated rings. The lowest BCUT2D eigenvalue weighted by atomic mass is 10.2. The number of carbonyl (C=O) groups excluding carboxylic acids is 1. The summed E-state index contributed by atoms with van der Waals surface area (Å²) in [7, 11) is 0. The van der Waals surface area contributed by atoms with Crippen LogP contribution >= 0.6 is 23.4 Å². The summed E-state index contributed by atoms with van der Waals surface area (Å²) >= 11 is 7.56. The van der Waals surface area contributed by atoms with Gasteiger partial charge in [0.1, 0.15) is 5.15 Å². The normalized spacial score (nSPS) is 10.2. The SMILES string of the molecule is CSCCCNC(=O)c1cc(C)nc(Cl)c1. The zero-order valence-corrected chi connectivity index (χ0v) is 11.0. The average molecular weight is 259 g/mol. The van der Waals surface area contributed by atoms with Crippen LogP contribution in [-0.4, -0.2) is 29.4 Å². The van der Waals surface area contributed by atoms with E-state index in [0.29, 0.717) is 17.3 Å². The van der Waals surface area contributed by atoms with Crippen LogP contribution in [0.25, 0.3) is 0 Å². The fraction of sp³-hybridized carbons (Fsp3) is 0.455. The number of halogens is 1. The number of carbonyl (C=O) groups is 1. The van der Waals surface area contributed by atoms with Gasteiger partial charge in [-0.1, -0.05) is 11.6 Å². The molecule has 1 rings (SSSR count). The first kappa shape index (κ1) is 13.3. The number of thioether (sulfide) groups is 1. The molecular formula is C11H15ClN2OS. The second kappa shape index (κ2) is 6.76. The van der Waals surface area contributed by atoms with E-state index in [1.807, 2.05) is 13.2 Å². The van der Waals surface area contributed by atoms with Crippen LogP contribution < -0.4 is 5.32 Å². The number of nitrogens with zero attached hydrogens (tertiary/aromatic N) is 1. The maximum absolute atomic E-state index is 11.7. The van der Waals surface area contributed by atoms with E-state index in [1.165, 1.54) is 0 Å². The number of nitrogens with one attached hydrogen (secondary N) is 1. The van der Waals surface area contributed by atoms with Gasteiger partial charge in [-0.15, -0.1) is 0 Å². The van der Waals surface area contributed by atoms with Crippen LogP contribution in [0, 0.1) is 6.92 Å². The van der Waals surface area contributed by atoms with Gasteiger partial charge in [0.2, 0.25) is 0 Å². The Bertz CT molecular complexity index is 351. The number of amides is 1. The molecule has 1 heterocycles. The third-order valence-electron chi connectivity index (χ3n) is 2.00. The van der Waals surface area contributed by atoms with Gasteiger partial charge < -0.3 is 5.32 Å². The molecule has 0 unspecified atom stereocenters. The topological polar surface area (TPSA) is 42.0 Å². The molecule has 88 valence electrons. The van der Waals surface area contributed by atoms with Crippen molar-refractivity contribution < 1.29 is 4.79 Å².